The van der Waals surface area contributed by atoms with Gasteiger partial charge in [0.15, 0.2) is 0 Å². The van der Waals surface area contributed by atoms with Crippen molar-refractivity contribution in [1.82, 2.24) is 10.2 Å². The lowest BCUT2D eigenvalue weighted by atomic mass is 9.98. The molecule has 8 nitrogen and oxygen atoms in total. The van der Waals surface area contributed by atoms with E-state index in [1.165, 1.54) is 11.8 Å². The maximum absolute atomic E-state index is 12.6. The number of benzene rings is 2. The van der Waals surface area contributed by atoms with Crippen LogP contribution in [-0.2, 0) is 14.3 Å². The van der Waals surface area contributed by atoms with Gasteiger partial charge < -0.3 is 24.8 Å². The zero-order valence-electron chi connectivity index (χ0n) is 21.4. The molecule has 0 spiro atoms. The number of fused-ring (bicyclic) bond motifs is 3. The standard InChI is InChI=1S/C28H34N2O6S/c1-28(2,3)36-27(34)30-14-8-9-18(30)16-37-17-24(25(31)32)29-26(33)35-15-23-21-12-6-4-10-19(21)20-11-5-7-13-22(20)23/h4-7,10-13,18,23-24H,8-9,14-17H2,1-3H3,(H,29,33)(H,31,32)/t18-,24-/m0/s1. The lowest BCUT2D eigenvalue weighted by Crippen LogP contribution is -2.44. The van der Waals surface area contributed by atoms with Gasteiger partial charge in [-0.1, -0.05) is 48.5 Å². The molecule has 1 aliphatic carbocycles. The van der Waals surface area contributed by atoms with Crippen molar-refractivity contribution in [3.8, 4) is 11.1 Å². The molecule has 2 atom stereocenters. The highest BCUT2D eigenvalue weighted by molar-refractivity contribution is 7.99. The van der Waals surface area contributed by atoms with Crippen molar-refractivity contribution < 1.29 is 29.0 Å². The highest BCUT2D eigenvalue weighted by atomic mass is 32.2. The van der Waals surface area contributed by atoms with E-state index in [1.54, 1.807) is 4.90 Å². The van der Waals surface area contributed by atoms with Gasteiger partial charge in [-0.2, -0.15) is 11.8 Å². The van der Waals surface area contributed by atoms with Gasteiger partial charge in [-0.25, -0.2) is 14.4 Å². The average Bonchev–Trinajstić information content (AvgIpc) is 3.44. The summed E-state index contributed by atoms with van der Waals surface area (Å²) in [4.78, 5) is 38.6. The molecule has 37 heavy (non-hydrogen) atoms. The normalized spacial score (nSPS) is 17.6. The van der Waals surface area contributed by atoms with Gasteiger partial charge in [0.2, 0.25) is 0 Å². The summed E-state index contributed by atoms with van der Waals surface area (Å²) in [6.07, 6.45) is 0.613. The van der Waals surface area contributed by atoms with E-state index < -0.39 is 23.7 Å². The third-order valence-electron chi connectivity index (χ3n) is 6.53. The highest BCUT2D eigenvalue weighted by Crippen LogP contribution is 2.44. The predicted octanol–water partition coefficient (Wildman–Crippen LogP) is 5.11. The van der Waals surface area contributed by atoms with Crippen LogP contribution < -0.4 is 5.32 Å². The first-order chi connectivity index (χ1) is 17.6. The van der Waals surface area contributed by atoms with Gasteiger partial charge in [0, 0.05) is 30.0 Å². The SMILES string of the molecule is CC(C)(C)OC(=O)N1CCC[C@H]1CSC[C@H](NC(=O)OCC1c2ccccc2-c2ccccc21)C(=O)O. The van der Waals surface area contributed by atoms with Gasteiger partial charge >= 0.3 is 18.2 Å². The maximum Gasteiger partial charge on any atom is 0.410 e. The average molecular weight is 527 g/mol. The summed E-state index contributed by atoms with van der Waals surface area (Å²) < 4.78 is 11.0. The van der Waals surface area contributed by atoms with Crippen LogP contribution in [0, 0.1) is 0 Å². The topological polar surface area (TPSA) is 105 Å². The van der Waals surface area contributed by atoms with Crippen LogP contribution in [0.15, 0.2) is 48.5 Å². The molecule has 0 saturated carbocycles. The molecule has 2 aromatic carbocycles. The fourth-order valence-electron chi connectivity index (χ4n) is 4.85. The molecule has 1 aliphatic heterocycles. The van der Waals surface area contributed by atoms with Crippen LogP contribution in [0.1, 0.15) is 50.7 Å². The summed E-state index contributed by atoms with van der Waals surface area (Å²) in [7, 11) is 0. The Hall–Kier alpha value is -3.20. The third-order valence-corrected chi connectivity index (χ3v) is 7.72. The van der Waals surface area contributed by atoms with E-state index in [9.17, 15) is 19.5 Å². The van der Waals surface area contributed by atoms with Gasteiger partial charge in [-0.3, -0.25) is 0 Å². The second-order valence-electron chi connectivity index (χ2n) is 10.4. The molecule has 0 bridgehead atoms. The molecule has 0 radical (unpaired) electrons. The number of carboxylic acids is 1. The van der Waals surface area contributed by atoms with Gasteiger partial charge in [0.05, 0.1) is 0 Å². The molecule has 1 saturated heterocycles. The van der Waals surface area contributed by atoms with E-state index in [4.69, 9.17) is 9.47 Å². The van der Waals surface area contributed by atoms with Crippen molar-refractivity contribution in [3.05, 3.63) is 59.7 Å². The lowest BCUT2D eigenvalue weighted by Gasteiger charge is -2.28. The Labute approximate surface area is 221 Å². The second-order valence-corrected chi connectivity index (χ2v) is 11.4. The molecule has 2 N–H and O–H groups in total. The fourth-order valence-corrected chi connectivity index (χ4v) is 6.07. The third kappa shape index (κ3) is 6.57. The number of hydrogen-bond acceptors (Lipinski definition) is 6. The molecular formula is C28H34N2O6S. The summed E-state index contributed by atoms with van der Waals surface area (Å²) in [5.74, 6) is -0.499. The van der Waals surface area contributed by atoms with Gasteiger partial charge in [0.1, 0.15) is 18.2 Å². The molecule has 2 aliphatic rings. The zero-order valence-corrected chi connectivity index (χ0v) is 22.3. The minimum Gasteiger partial charge on any atom is -0.480 e. The number of aliphatic carboxylic acids is 1. The Morgan fingerprint density at radius 3 is 2.30 bits per heavy atom. The predicted molar refractivity (Wildman–Crippen MR) is 143 cm³/mol. The Bertz CT molecular complexity index is 1100. The van der Waals surface area contributed by atoms with Crippen LogP contribution in [0.5, 0.6) is 0 Å². The number of alkyl carbamates (subject to hydrolysis) is 1. The van der Waals surface area contributed by atoms with E-state index in [2.05, 4.69) is 17.4 Å². The van der Waals surface area contributed by atoms with E-state index in [-0.39, 0.29) is 30.4 Å². The monoisotopic (exact) mass is 526 g/mol. The molecule has 0 aromatic heterocycles. The van der Waals surface area contributed by atoms with E-state index in [0.29, 0.717) is 12.3 Å². The summed E-state index contributed by atoms with van der Waals surface area (Å²) in [5.41, 5.74) is 3.86. The number of hydrogen-bond donors (Lipinski definition) is 2. The van der Waals surface area contributed by atoms with Crippen molar-refractivity contribution in [1.29, 1.82) is 0 Å². The van der Waals surface area contributed by atoms with Crippen molar-refractivity contribution in [2.24, 2.45) is 0 Å². The van der Waals surface area contributed by atoms with Crippen LogP contribution >= 0.6 is 11.8 Å². The summed E-state index contributed by atoms with van der Waals surface area (Å²) in [5, 5.41) is 12.1. The van der Waals surface area contributed by atoms with Gasteiger partial charge in [-0.15, -0.1) is 0 Å². The summed E-state index contributed by atoms with van der Waals surface area (Å²) >= 11 is 1.39. The maximum atomic E-state index is 12.6. The minimum absolute atomic E-state index is 0.0243. The number of likely N-dealkylation sites (tertiary alicyclic amines) is 1. The number of nitrogens with zero attached hydrogens (tertiary/aromatic N) is 1. The smallest absolute Gasteiger partial charge is 0.410 e. The Morgan fingerprint density at radius 1 is 1.08 bits per heavy atom. The molecule has 2 aromatic rings. The van der Waals surface area contributed by atoms with Crippen LogP contribution in [0.2, 0.25) is 0 Å². The van der Waals surface area contributed by atoms with Crippen molar-refractivity contribution in [3.63, 3.8) is 0 Å². The fraction of sp³-hybridized carbons (Fsp3) is 0.464. The Kier molecular flexibility index (Phi) is 8.32. The molecule has 1 fully saturated rings. The number of rotatable bonds is 8. The molecule has 9 heteroatoms. The molecular weight excluding hydrogens is 492 g/mol. The molecule has 1 heterocycles. The Balaban J connectivity index is 1.28. The first-order valence-corrected chi connectivity index (χ1v) is 13.7. The van der Waals surface area contributed by atoms with Crippen molar-refractivity contribution in [2.75, 3.05) is 24.7 Å². The Morgan fingerprint density at radius 2 is 1.70 bits per heavy atom. The number of carbonyl (C=O) groups is 3. The quantitative estimate of drug-likeness (QED) is 0.492. The molecule has 4 rings (SSSR count). The zero-order chi connectivity index (χ0) is 26.6. The van der Waals surface area contributed by atoms with Crippen molar-refractivity contribution >= 4 is 29.9 Å². The number of thioether (sulfide) groups is 1. The first kappa shape index (κ1) is 26.9. The van der Waals surface area contributed by atoms with E-state index >= 15 is 0 Å². The minimum atomic E-state index is -1.13. The summed E-state index contributed by atoms with van der Waals surface area (Å²) in [6.45, 7) is 6.23. The molecule has 198 valence electrons. The number of amides is 2. The summed E-state index contributed by atoms with van der Waals surface area (Å²) in [6, 6.07) is 14.9. The van der Waals surface area contributed by atoms with Gasteiger partial charge in [0.25, 0.3) is 0 Å². The second kappa shape index (κ2) is 11.5. The van der Waals surface area contributed by atoms with E-state index in [0.717, 1.165) is 35.1 Å². The number of carbonyl (C=O) groups excluding carboxylic acids is 2. The van der Waals surface area contributed by atoms with Crippen molar-refractivity contribution in [2.45, 2.75) is 57.2 Å². The first-order valence-electron chi connectivity index (χ1n) is 12.6. The van der Waals surface area contributed by atoms with E-state index in [1.807, 2.05) is 57.2 Å². The van der Waals surface area contributed by atoms with Crippen LogP contribution in [0.4, 0.5) is 9.59 Å². The van der Waals surface area contributed by atoms with Crippen LogP contribution in [0.3, 0.4) is 0 Å². The molecule has 0 unspecified atom stereocenters. The lowest BCUT2D eigenvalue weighted by molar-refractivity contribution is -0.138. The number of nitrogens with one attached hydrogen (secondary N) is 1. The van der Waals surface area contributed by atoms with Gasteiger partial charge in [-0.05, 0) is 55.9 Å². The largest absolute Gasteiger partial charge is 0.480 e. The van der Waals surface area contributed by atoms with Crippen LogP contribution in [-0.4, -0.2) is 70.5 Å². The highest BCUT2D eigenvalue weighted by Gasteiger charge is 2.33. The number of carboxylic acid groups (broad SMARTS) is 1. The molecule has 2 amide bonds. The van der Waals surface area contributed by atoms with Crippen LogP contribution in [0.25, 0.3) is 11.1 Å². The number of ether oxygens (including phenoxy) is 2.